The first kappa shape index (κ1) is 21.0. The number of nitrogens with zero attached hydrogens (tertiary/aromatic N) is 1. The van der Waals surface area contributed by atoms with Gasteiger partial charge in [-0.15, -0.1) is 0 Å². The van der Waals surface area contributed by atoms with Crippen LogP contribution >= 0.6 is 0 Å². The van der Waals surface area contributed by atoms with Crippen molar-refractivity contribution >= 4 is 22.6 Å². The monoisotopic (exact) mass is 434 g/mol. The van der Waals surface area contributed by atoms with E-state index in [0.717, 1.165) is 0 Å². The van der Waals surface area contributed by atoms with Gasteiger partial charge in [-0.25, -0.2) is 4.99 Å². The van der Waals surface area contributed by atoms with Crippen LogP contribution in [0.15, 0.2) is 74.7 Å². The lowest BCUT2D eigenvalue weighted by Crippen LogP contribution is -2.28. The summed E-state index contributed by atoms with van der Waals surface area (Å²) in [5.74, 6) is 1.93. The molecule has 0 aliphatic heterocycles. The van der Waals surface area contributed by atoms with Gasteiger partial charge in [0.2, 0.25) is 5.55 Å². The van der Waals surface area contributed by atoms with Crippen LogP contribution in [0, 0.1) is 0 Å². The largest absolute Gasteiger partial charge is 0.497 e. The van der Waals surface area contributed by atoms with Crippen molar-refractivity contribution in [3.05, 3.63) is 77.7 Å². The molecule has 0 spiro atoms. The zero-order chi connectivity index (χ0) is 22.5. The van der Waals surface area contributed by atoms with Crippen LogP contribution in [-0.2, 0) is 6.54 Å². The highest BCUT2D eigenvalue weighted by Crippen LogP contribution is 2.28. The number of rotatable bonds is 7. The number of fused-ring (bicyclic) bond motifs is 1. The Morgan fingerprint density at radius 3 is 2.41 bits per heavy atom. The molecule has 0 bridgehead atoms. The molecule has 4 rings (SSSR count). The van der Waals surface area contributed by atoms with Gasteiger partial charge >= 0.3 is 0 Å². The van der Waals surface area contributed by atoms with Crippen molar-refractivity contribution < 1.29 is 27.8 Å². The van der Waals surface area contributed by atoms with Crippen LogP contribution in [0.5, 0.6) is 17.2 Å². The van der Waals surface area contributed by atoms with Gasteiger partial charge in [-0.1, -0.05) is 12.1 Å². The Morgan fingerprint density at radius 1 is 0.969 bits per heavy atom. The second-order valence-electron chi connectivity index (χ2n) is 6.79. The molecule has 0 aliphatic rings. The van der Waals surface area contributed by atoms with Crippen molar-refractivity contribution in [2.75, 3.05) is 21.3 Å². The Labute approximate surface area is 184 Å². The van der Waals surface area contributed by atoms with Crippen molar-refractivity contribution in [2.45, 2.75) is 6.54 Å². The number of carbonyl (C=O) groups is 1. The lowest BCUT2D eigenvalue weighted by molar-refractivity contribution is 0.0944. The minimum Gasteiger partial charge on any atom is -0.497 e. The van der Waals surface area contributed by atoms with Crippen molar-refractivity contribution in [3.63, 3.8) is 0 Å². The van der Waals surface area contributed by atoms with Gasteiger partial charge in [-0.05, 0) is 24.3 Å². The highest BCUT2D eigenvalue weighted by Gasteiger charge is 2.15. The second kappa shape index (κ2) is 9.30. The predicted molar refractivity (Wildman–Crippen MR) is 117 cm³/mol. The maximum atomic E-state index is 13.0. The lowest BCUT2D eigenvalue weighted by atomic mass is 10.1. The lowest BCUT2D eigenvalue weighted by Gasteiger charge is -2.09. The van der Waals surface area contributed by atoms with Crippen molar-refractivity contribution in [2.24, 2.45) is 4.99 Å². The Morgan fingerprint density at radius 2 is 1.75 bits per heavy atom. The molecular weight excluding hydrogens is 412 g/mol. The van der Waals surface area contributed by atoms with E-state index >= 15 is 0 Å². The number of methoxy groups -OCH3 is 3. The van der Waals surface area contributed by atoms with Crippen molar-refractivity contribution in [1.29, 1.82) is 0 Å². The fraction of sp³-hybridized carbons (Fsp3) is 0.167. The number of furan rings is 1. The normalized spacial score (nSPS) is 11.4. The minimum absolute atomic E-state index is 0.120. The summed E-state index contributed by atoms with van der Waals surface area (Å²) in [5.41, 5.74) is 1.36. The first-order valence-corrected chi connectivity index (χ1v) is 9.80. The molecule has 4 aromatic rings. The number of amides is 1. The fourth-order valence-corrected chi connectivity index (χ4v) is 3.18. The first-order valence-electron chi connectivity index (χ1n) is 9.80. The topological polar surface area (TPSA) is 95.4 Å². The van der Waals surface area contributed by atoms with Crippen molar-refractivity contribution in [3.8, 4) is 17.2 Å². The Kier molecular flexibility index (Phi) is 6.12. The summed E-state index contributed by atoms with van der Waals surface area (Å²) >= 11 is 0. The van der Waals surface area contributed by atoms with E-state index in [4.69, 9.17) is 23.0 Å². The summed E-state index contributed by atoms with van der Waals surface area (Å²) < 4.78 is 27.4. The molecule has 0 atom stereocenters. The number of hydrogen-bond acceptors (Lipinski definition) is 7. The highest BCUT2D eigenvalue weighted by atomic mass is 16.5. The van der Waals surface area contributed by atoms with Gasteiger partial charge in [0, 0.05) is 23.6 Å². The quantitative estimate of drug-likeness (QED) is 0.468. The smallest absolute Gasteiger partial charge is 0.257 e. The van der Waals surface area contributed by atoms with E-state index in [0.29, 0.717) is 39.7 Å². The molecule has 0 unspecified atom stereocenters. The summed E-state index contributed by atoms with van der Waals surface area (Å²) in [6, 6.07) is 15.9. The summed E-state index contributed by atoms with van der Waals surface area (Å²) in [7, 11) is 4.66. The van der Waals surface area contributed by atoms with Crippen LogP contribution in [0.1, 0.15) is 16.1 Å². The third kappa shape index (κ3) is 4.44. The Bertz CT molecular complexity index is 1290. The maximum absolute atomic E-state index is 13.0. The standard InChI is InChI=1S/C24H22N2O6/c1-28-18-11-16(12-19(13-18)29-2)26-24-20(23(27)25-14-17-7-5-9-31-17)10-15-6-4-8-21(30-3)22(15)32-24/h4-13H,14H2,1-3H3,(H,25,27). The average molecular weight is 434 g/mol. The van der Waals surface area contributed by atoms with Gasteiger partial charge in [-0.2, -0.15) is 0 Å². The molecule has 0 saturated heterocycles. The number of carbonyl (C=O) groups excluding carboxylic acids is 1. The molecule has 164 valence electrons. The SMILES string of the molecule is COc1cc(N=c2oc3c(OC)cccc3cc2C(=O)NCc2ccco2)cc(OC)c1. The van der Waals surface area contributed by atoms with E-state index in [1.54, 1.807) is 70.1 Å². The third-order valence-electron chi connectivity index (χ3n) is 4.77. The predicted octanol–water partition coefficient (Wildman–Crippen LogP) is 4.21. The van der Waals surface area contributed by atoms with Crippen LogP contribution in [0.25, 0.3) is 11.0 Å². The highest BCUT2D eigenvalue weighted by molar-refractivity contribution is 5.97. The molecule has 0 aliphatic carbocycles. The molecule has 2 aromatic heterocycles. The molecule has 32 heavy (non-hydrogen) atoms. The zero-order valence-electron chi connectivity index (χ0n) is 17.9. The average Bonchev–Trinajstić information content (AvgIpc) is 3.35. The molecule has 8 nitrogen and oxygen atoms in total. The van der Waals surface area contributed by atoms with E-state index in [2.05, 4.69) is 10.3 Å². The van der Waals surface area contributed by atoms with Crippen molar-refractivity contribution in [1.82, 2.24) is 5.32 Å². The molecule has 0 saturated carbocycles. The van der Waals surface area contributed by atoms with E-state index in [1.165, 1.54) is 0 Å². The summed E-state index contributed by atoms with van der Waals surface area (Å²) in [6.45, 7) is 0.231. The van der Waals surface area contributed by atoms with Gasteiger partial charge in [0.1, 0.15) is 22.8 Å². The van der Waals surface area contributed by atoms with Gasteiger partial charge in [-0.3, -0.25) is 4.79 Å². The van der Waals surface area contributed by atoms with Crippen LogP contribution in [0.2, 0.25) is 0 Å². The summed E-state index contributed by atoms with van der Waals surface area (Å²) in [6.07, 6.45) is 1.55. The number of nitrogens with one attached hydrogen (secondary N) is 1. The molecule has 1 amide bonds. The molecule has 0 fully saturated rings. The van der Waals surface area contributed by atoms with Crippen LogP contribution in [-0.4, -0.2) is 27.2 Å². The van der Waals surface area contributed by atoms with E-state index in [-0.39, 0.29) is 23.6 Å². The molecular formula is C24H22N2O6. The van der Waals surface area contributed by atoms with E-state index in [1.807, 2.05) is 12.1 Å². The second-order valence-corrected chi connectivity index (χ2v) is 6.79. The Balaban J connectivity index is 1.85. The number of benzene rings is 2. The van der Waals surface area contributed by atoms with Gasteiger partial charge in [0.15, 0.2) is 11.3 Å². The van der Waals surface area contributed by atoms with Gasteiger partial charge in [0.05, 0.1) is 39.8 Å². The Hall–Kier alpha value is -4.20. The van der Waals surface area contributed by atoms with Gasteiger partial charge in [0.25, 0.3) is 5.91 Å². The van der Waals surface area contributed by atoms with Crippen LogP contribution in [0.4, 0.5) is 5.69 Å². The fourth-order valence-electron chi connectivity index (χ4n) is 3.18. The van der Waals surface area contributed by atoms with Gasteiger partial charge < -0.3 is 28.4 Å². The zero-order valence-corrected chi connectivity index (χ0v) is 17.9. The molecule has 0 radical (unpaired) electrons. The minimum atomic E-state index is -0.358. The van der Waals surface area contributed by atoms with Crippen LogP contribution in [0.3, 0.4) is 0 Å². The maximum Gasteiger partial charge on any atom is 0.257 e. The molecule has 2 aromatic carbocycles. The molecule has 8 heteroatoms. The summed E-state index contributed by atoms with van der Waals surface area (Å²) in [5, 5.41) is 3.54. The molecule has 2 heterocycles. The number of para-hydroxylation sites is 1. The first-order chi connectivity index (χ1) is 15.6. The molecule has 1 N–H and O–H groups in total. The van der Waals surface area contributed by atoms with Crippen LogP contribution < -0.4 is 25.1 Å². The summed E-state index contributed by atoms with van der Waals surface area (Å²) in [4.78, 5) is 17.6. The van der Waals surface area contributed by atoms with E-state index < -0.39 is 0 Å². The van der Waals surface area contributed by atoms with E-state index in [9.17, 15) is 4.79 Å². The number of hydrogen-bond donors (Lipinski definition) is 1. The number of ether oxygens (including phenoxy) is 3. The third-order valence-corrected chi connectivity index (χ3v) is 4.77.